The molecule has 0 saturated heterocycles. The van der Waals surface area contributed by atoms with Crippen molar-refractivity contribution in [1.82, 2.24) is 15.2 Å². The molecule has 24 heavy (non-hydrogen) atoms. The van der Waals surface area contributed by atoms with Gasteiger partial charge in [-0.25, -0.2) is 9.98 Å². The number of guanidine groups is 1. The monoisotopic (exact) mass is 346 g/mol. The average molecular weight is 347 g/mol. The minimum absolute atomic E-state index is 0.601. The van der Waals surface area contributed by atoms with Crippen molar-refractivity contribution in [1.29, 1.82) is 0 Å². The summed E-state index contributed by atoms with van der Waals surface area (Å²) in [4.78, 5) is 12.3. The maximum absolute atomic E-state index is 5.87. The van der Waals surface area contributed by atoms with E-state index in [0.29, 0.717) is 13.2 Å². The van der Waals surface area contributed by atoms with E-state index >= 15 is 0 Å². The van der Waals surface area contributed by atoms with Crippen molar-refractivity contribution in [3.63, 3.8) is 0 Å². The van der Waals surface area contributed by atoms with Gasteiger partial charge in [0.15, 0.2) is 5.96 Å². The van der Waals surface area contributed by atoms with Crippen LogP contribution < -0.4 is 10.1 Å². The van der Waals surface area contributed by atoms with Gasteiger partial charge >= 0.3 is 0 Å². The van der Waals surface area contributed by atoms with Crippen molar-refractivity contribution in [3.05, 3.63) is 45.9 Å². The number of ether oxygens (including phenoxy) is 1. The third-order valence-corrected chi connectivity index (χ3v) is 4.41. The van der Waals surface area contributed by atoms with Crippen molar-refractivity contribution < 1.29 is 4.74 Å². The van der Waals surface area contributed by atoms with Gasteiger partial charge in [-0.1, -0.05) is 18.2 Å². The normalized spacial score (nSPS) is 11.4. The number of likely N-dealkylation sites (N-methyl/N-ethyl adjacent to an activating group) is 1. The predicted molar refractivity (Wildman–Crippen MR) is 101 cm³/mol. The number of aryl methyl sites for hydroxylation is 2. The summed E-state index contributed by atoms with van der Waals surface area (Å²) in [6, 6.07) is 8.07. The molecule has 0 fully saturated rings. The van der Waals surface area contributed by atoms with Crippen molar-refractivity contribution >= 4 is 17.3 Å². The Balaban J connectivity index is 1.88. The maximum Gasteiger partial charge on any atom is 0.194 e. The highest BCUT2D eigenvalue weighted by Gasteiger charge is 2.07. The van der Waals surface area contributed by atoms with E-state index in [-0.39, 0.29) is 0 Å². The number of benzene rings is 1. The summed E-state index contributed by atoms with van der Waals surface area (Å²) < 4.78 is 5.87. The molecule has 1 aromatic carbocycles. The molecule has 0 aliphatic heterocycles. The highest BCUT2D eigenvalue weighted by atomic mass is 32.1. The van der Waals surface area contributed by atoms with Gasteiger partial charge in [-0.15, -0.1) is 11.3 Å². The summed E-state index contributed by atoms with van der Waals surface area (Å²) in [6.07, 6.45) is 1.89. The lowest BCUT2D eigenvalue weighted by Crippen LogP contribution is -2.40. The van der Waals surface area contributed by atoms with Crippen LogP contribution in [0.2, 0.25) is 0 Å². The first kappa shape index (κ1) is 18.3. The van der Waals surface area contributed by atoms with Gasteiger partial charge in [0.25, 0.3) is 0 Å². The number of aliphatic imine (C=N–C) groups is 1. The fourth-order valence-corrected chi connectivity index (χ4v) is 2.92. The molecule has 6 heteroatoms. The number of hydrogen-bond acceptors (Lipinski definition) is 4. The van der Waals surface area contributed by atoms with Crippen LogP contribution in [0.25, 0.3) is 0 Å². The smallest absolute Gasteiger partial charge is 0.194 e. The van der Waals surface area contributed by atoms with E-state index in [0.717, 1.165) is 35.4 Å². The minimum Gasteiger partial charge on any atom is -0.491 e. The molecule has 0 atom stereocenters. The maximum atomic E-state index is 5.87. The van der Waals surface area contributed by atoms with Crippen molar-refractivity contribution in [2.75, 3.05) is 26.7 Å². The molecule has 0 saturated carbocycles. The van der Waals surface area contributed by atoms with Crippen LogP contribution in [-0.2, 0) is 6.54 Å². The molecule has 0 aliphatic rings. The molecule has 130 valence electrons. The Hall–Kier alpha value is -2.08. The largest absolute Gasteiger partial charge is 0.491 e. The number of nitrogens with zero attached hydrogens (tertiary/aromatic N) is 3. The molecule has 1 heterocycles. The van der Waals surface area contributed by atoms with E-state index in [1.807, 2.05) is 31.4 Å². The van der Waals surface area contributed by atoms with Gasteiger partial charge in [0.05, 0.1) is 13.1 Å². The summed E-state index contributed by atoms with van der Waals surface area (Å²) in [7, 11) is 2.02. The quantitative estimate of drug-likeness (QED) is 0.618. The average Bonchev–Trinajstić information content (AvgIpc) is 2.98. The predicted octanol–water partition coefficient (Wildman–Crippen LogP) is 3.24. The Morgan fingerprint density at radius 1 is 1.33 bits per heavy atom. The number of para-hydroxylation sites is 1. The molecule has 1 N–H and O–H groups in total. The molecule has 1 aromatic heterocycles. The van der Waals surface area contributed by atoms with E-state index in [9.17, 15) is 0 Å². The first-order chi connectivity index (χ1) is 11.6. The Bertz CT molecular complexity index is 669. The number of aromatic nitrogens is 1. The SMILES string of the molecule is CCNC(=NCc1ncc(C)s1)N(C)CCOc1ccccc1C. The summed E-state index contributed by atoms with van der Waals surface area (Å²) in [5.74, 6) is 1.81. The fourth-order valence-electron chi connectivity index (χ4n) is 2.20. The van der Waals surface area contributed by atoms with Crippen LogP contribution in [0.1, 0.15) is 22.4 Å². The third-order valence-electron chi connectivity index (χ3n) is 3.51. The molecule has 2 aromatic rings. The fraction of sp³-hybridized carbons (Fsp3) is 0.444. The van der Waals surface area contributed by atoms with E-state index < -0.39 is 0 Å². The molecule has 2 rings (SSSR count). The zero-order valence-corrected chi connectivity index (χ0v) is 15.7. The number of thiazole rings is 1. The minimum atomic E-state index is 0.601. The molecule has 0 radical (unpaired) electrons. The summed E-state index contributed by atoms with van der Waals surface area (Å²) in [6.45, 7) is 8.99. The van der Waals surface area contributed by atoms with Crippen molar-refractivity contribution in [2.24, 2.45) is 4.99 Å². The number of rotatable bonds is 7. The van der Waals surface area contributed by atoms with Crippen LogP contribution in [0.4, 0.5) is 0 Å². The van der Waals surface area contributed by atoms with E-state index in [1.54, 1.807) is 11.3 Å². The lowest BCUT2D eigenvalue weighted by atomic mass is 10.2. The Morgan fingerprint density at radius 3 is 2.79 bits per heavy atom. The highest BCUT2D eigenvalue weighted by Crippen LogP contribution is 2.16. The topological polar surface area (TPSA) is 49.8 Å². The van der Waals surface area contributed by atoms with Crippen LogP contribution >= 0.6 is 11.3 Å². The lowest BCUT2D eigenvalue weighted by molar-refractivity contribution is 0.280. The van der Waals surface area contributed by atoms with Gasteiger partial charge in [0.1, 0.15) is 17.4 Å². The Labute approximate surface area is 148 Å². The second-order valence-electron chi connectivity index (χ2n) is 5.57. The zero-order chi connectivity index (χ0) is 17.4. The second kappa shape index (κ2) is 9.27. The lowest BCUT2D eigenvalue weighted by Gasteiger charge is -2.22. The molecule has 0 bridgehead atoms. The first-order valence-electron chi connectivity index (χ1n) is 8.19. The summed E-state index contributed by atoms with van der Waals surface area (Å²) in [5.41, 5.74) is 1.15. The Kier molecular flexibility index (Phi) is 7.06. The van der Waals surface area contributed by atoms with Gasteiger partial charge in [0, 0.05) is 24.7 Å². The van der Waals surface area contributed by atoms with Gasteiger partial charge < -0.3 is 15.0 Å². The number of nitrogens with one attached hydrogen (secondary N) is 1. The van der Waals surface area contributed by atoms with E-state index in [2.05, 4.69) is 47.0 Å². The second-order valence-corrected chi connectivity index (χ2v) is 6.89. The van der Waals surface area contributed by atoms with Crippen LogP contribution in [0, 0.1) is 13.8 Å². The first-order valence-corrected chi connectivity index (χ1v) is 9.01. The summed E-state index contributed by atoms with van der Waals surface area (Å²) in [5, 5.41) is 4.35. The van der Waals surface area contributed by atoms with Gasteiger partial charge in [-0.3, -0.25) is 0 Å². The standard InChI is InChI=1S/C18H26N4OS/c1-5-19-18(21-13-17-20-12-15(3)24-17)22(4)10-11-23-16-9-7-6-8-14(16)2/h6-9,12H,5,10-11,13H2,1-4H3,(H,19,21). The molecule has 0 amide bonds. The molecular weight excluding hydrogens is 320 g/mol. The van der Waals surface area contributed by atoms with Crippen molar-refractivity contribution in [2.45, 2.75) is 27.3 Å². The van der Waals surface area contributed by atoms with Crippen LogP contribution in [-0.4, -0.2) is 42.6 Å². The molecule has 0 spiro atoms. The van der Waals surface area contributed by atoms with Crippen LogP contribution in [0.5, 0.6) is 5.75 Å². The van der Waals surface area contributed by atoms with Crippen LogP contribution in [0.3, 0.4) is 0 Å². The van der Waals surface area contributed by atoms with Gasteiger partial charge in [-0.05, 0) is 32.4 Å². The molecule has 5 nitrogen and oxygen atoms in total. The summed E-state index contributed by atoms with van der Waals surface area (Å²) >= 11 is 1.69. The van der Waals surface area contributed by atoms with E-state index in [4.69, 9.17) is 4.74 Å². The third kappa shape index (κ3) is 5.53. The molecule has 0 unspecified atom stereocenters. The number of hydrogen-bond donors (Lipinski definition) is 1. The highest BCUT2D eigenvalue weighted by molar-refractivity contribution is 7.11. The van der Waals surface area contributed by atoms with Crippen molar-refractivity contribution in [3.8, 4) is 5.75 Å². The van der Waals surface area contributed by atoms with Gasteiger partial charge in [0.2, 0.25) is 0 Å². The zero-order valence-electron chi connectivity index (χ0n) is 14.9. The van der Waals surface area contributed by atoms with Crippen LogP contribution in [0.15, 0.2) is 35.5 Å². The Morgan fingerprint density at radius 2 is 2.12 bits per heavy atom. The molecular formula is C18H26N4OS. The van der Waals surface area contributed by atoms with E-state index in [1.165, 1.54) is 4.88 Å². The molecule has 0 aliphatic carbocycles. The van der Waals surface area contributed by atoms with Gasteiger partial charge in [-0.2, -0.15) is 0 Å².